The van der Waals surface area contributed by atoms with Crippen LogP contribution in [0, 0.1) is 0 Å². The second-order valence-electron chi connectivity index (χ2n) is 4.71. The zero-order valence-corrected chi connectivity index (χ0v) is 15.1. The smallest absolute Gasteiger partial charge is 0.320 e. The SMILES string of the molecule is CCC(C(=O)O)N(CC)CC(=O)O.NCC(=O)O.O=C(O)CNCC(=O)O. The Balaban J connectivity index is -0.000000356. The number of aliphatic carboxylic acids is 5. The molecule has 8 N–H and O–H groups in total. The average Bonchev–Trinajstić information content (AvgIpc) is 2.54. The number of rotatable bonds is 11. The highest BCUT2D eigenvalue weighted by Crippen LogP contribution is 2.03. The van der Waals surface area contributed by atoms with E-state index in [1.165, 1.54) is 4.90 Å². The van der Waals surface area contributed by atoms with Crippen molar-refractivity contribution in [1.29, 1.82) is 0 Å². The van der Waals surface area contributed by atoms with E-state index in [4.69, 9.17) is 25.5 Å². The average molecular weight is 397 g/mol. The van der Waals surface area contributed by atoms with Crippen LogP contribution in [-0.4, -0.2) is 99.0 Å². The van der Waals surface area contributed by atoms with Crippen LogP contribution in [0.5, 0.6) is 0 Å². The molecule has 27 heavy (non-hydrogen) atoms. The number of hydrogen-bond donors (Lipinski definition) is 7. The van der Waals surface area contributed by atoms with Crippen LogP contribution in [0.3, 0.4) is 0 Å². The van der Waals surface area contributed by atoms with Crippen molar-refractivity contribution in [1.82, 2.24) is 10.2 Å². The fourth-order valence-electron chi connectivity index (χ4n) is 1.48. The molecule has 0 aliphatic carbocycles. The van der Waals surface area contributed by atoms with Crippen LogP contribution in [0.15, 0.2) is 0 Å². The molecule has 0 aliphatic rings. The molecule has 0 saturated carbocycles. The number of carbonyl (C=O) groups is 5. The molecule has 0 heterocycles. The summed E-state index contributed by atoms with van der Waals surface area (Å²) < 4.78 is 0. The summed E-state index contributed by atoms with van der Waals surface area (Å²) in [5, 5.41) is 43.0. The molecule has 0 spiro atoms. The first-order valence-electron chi connectivity index (χ1n) is 7.67. The number of carboxylic acid groups (broad SMARTS) is 5. The summed E-state index contributed by atoms with van der Waals surface area (Å²) in [6.07, 6.45) is 0.413. The lowest BCUT2D eigenvalue weighted by Gasteiger charge is -2.24. The Hall–Kier alpha value is -2.77. The van der Waals surface area contributed by atoms with Crippen molar-refractivity contribution in [3.8, 4) is 0 Å². The summed E-state index contributed by atoms with van der Waals surface area (Å²) in [7, 11) is 0. The van der Waals surface area contributed by atoms with Gasteiger partial charge in [0.1, 0.15) is 6.04 Å². The molecule has 0 fully saturated rings. The van der Waals surface area contributed by atoms with Crippen molar-refractivity contribution >= 4 is 29.8 Å². The van der Waals surface area contributed by atoms with E-state index in [-0.39, 0.29) is 26.2 Å². The van der Waals surface area contributed by atoms with Gasteiger partial charge >= 0.3 is 29.8 Å². The van der Waals surface area contributed by atoms with Crippen molar-refractivity contribution < 1.29 is 49.5 Å². The molecule has 0 rings (SSSR count). The Morgan fingerprint density at radius 1 is 0.852 bits per heavy atom. The Morgan fingerprint density at radius 3 is 1.44 bits per heavy atom. The lowest BCUT2D eigenvalue weighted by atomic mass is 10.2. The summed E-state index contributed by atoms with van der Waals surface area (Å²) in [6.45, 7) is 2.77. The second kappa shape index (κ2) is 18.0. The van der Waals surface area contributed by atoms with Crippen molar-refractivity contribution in [3.63, 3.8) is 0 Å². The molecule has 1 unspecified atom stereocenters. The van der Waals surface area contributed by atoms with Gasteiger partial charge in [-0.2, -0.15) is 0 Å². The first-order chi connectivity index (χ1) is 12.4. The second-order valence-corrected chi connectivity index (χ2v) is 4.71. The standard InChI is InChI=1S/C8H15NO4.C4H7NO4.C2H5NO2/c1-3-6(8(12)13)9(4-2)5-7(10)11;6-3(7)1-5-2-4(8)9;3-1-2(4)5/h6H,3-5H2,1-2H3,(H,10,11)(H,12,13);5H,1-2H2,(H,6,7)(H,8,9);1,3H2,(H,4,5). The predicted molar refractivity (Wildman–Crippen MR) is 91.4 cm³/mol. The van der Waals surface area contributed by atoms with Crippen LogP contribution in [0.2, 0.25) is 0 Å². The number of nitrogens with one attached hydrogen (secondary N) is 1. The fraction of sp³-hybridized carbons (Fsp3) is 0.643. The van der Waals surface area contributed by atoms with E-state index in [2.05, 4.69) is 11.1 Å². The zero-order valence-electron chi connectivity index (χ0n) is 15.1. The number of hydrogen-bond acceptors (Lipinski definition) is 8. The van der Waals surface area contributed by atoms with Crippen LogP contribution in [0.1, 0.15) is 20.3 Å². The molecule has 0 aromatic heterocycles. The molecule has 0 saturated heterocycles. The van der Waals surface area contributed by atoms with Gasteiger partial charge in [-0.25, -0.2) is 0 Å². The number of nitrogens with two attached hydrogens (primary N) is 1. The van der Waals surface area contributed by atoms with Gasteiger partial charge in [0.25, 0.3) is 0 Å². The Morgan fingerprint density at radius 2 is 1.26 bits per heavy atom. The van der Waals surface area contributed by atoms with Gasteiger partial charge in [-0.05, 0) is 13.0 Å². The summed E-state index contributed by atoms with van der Waals surface area (Å²) in [4.78, 5) is 51.2. The Labute approximate surface area is 155 Å². The van der Waals surface area contributed by atoms with Crippen LogP contribution in [0.25, 0.3) is 0 Å². The Kier molecular flexibility index (Phi) is 19.4. The zero-order chi connectivity index (χ0) is 22.0. The van der Waals surface area contributed by atoms with Crippen LogP contribution < -0.4 is 11.1 Å². The number of carboxylic acids is 5. The minimum Gasteiger partial charge on any atom is -0.480 e. The predicted octanol–water partition coefficient (Wildman–Crippen LogP) is -1.97. The van der Waals surface area contributed by atoms with Crippen molar-refractivity contribution in [2.75, 3.05) is 32.7 Å². The monoisotopic (exact) mass is 397 g/mol. The maximum atomic E-state index is 10.7. The number of nitrogens with zero attached hydrogens (tertiary/aromatic N) is 1. The van der Waals surface area contributed by atoms with Gasteiger partial charge in [0.2, 0.25) is 0 Å². The molecular formula is C14H27N3O10. The van der Waals surface area contributed by atoms with Crippen molar-refractivity contribution in [3.05, 3.63) is 0 Å². The third kappa shape index (κ3) is 23.2. The molecule has 13 heteroatoms. The summed E-state index contributed by atoms with van der Waals surface area (Å²) in [5.74, 6) is -5.05. The van der Waals surface area contributed by atoms with Crippen LogP contribution >= 0.6 is 0 Å². The largest absolute Gasteiger partial charge is 0.480 e. The molecule has 13 nitrogen and oxygen atoms in total. The van der Waals surface area contributed by atoms with Gasteiger partial charge in [-0.15, -0.1) is 0 Å². The lowest BCUT2D eigenvalue weighted by Crippen LogP contribution is -2.43. The maximum Gasteiger partial charge on any atom is 0.320 e. The van der Waals surface area contributed by atoms with E-state index in [0.29, 0.717) is 13.0 Å². The molecule has 158 valence electrons. The van der Waals surface area contributed by atoms with Crippen molar-refractivity contribution in [2.45, 2.75) is 26.3 Å². The first-order valence-corrected chi connectivity index (χ1v) is 7.67. The van der Waals surface area contributed by atoms with Gasteiger partial charge in [-0.3, -0.25) is 34.2 Å². The molecule has 0 aromatic carbocycles. The topological polar surface area (TPSA) is 228 Å². The van der Waals surface area contributed by atoms with Gasteiger partial charge in [-0.1, -0.05) is 13.8 Å². The summed E-state index contributed by atoms with van der Waals surface area (Å²) >= 11 is 0. The maximum absolute atomic E-state index is 10.7. The van der Waals surface area contributed by atoms with Gasteiger partial charge < -0.3 is 31.3 Å². The normalized spacial score (nSPS) is 10.5. The highest BCUT2D eigenvalue weighted by molar-refractivity contribution is 5.75. The number of likely N-dealkylation sites (N-methyl/N-ethyl adjacent to an activating group) is 1. The molecule has 0 aliphatic heterocycles. The van der Waals surface area contributed by atoms with Gasteiger partial charge in [0.05, 0.1) is 26.2 Å². The van der Waals surface area contributed by atoms with E-state index >= 15 is 0 Å². The highest BCUT2D eigenvalue weighted by Gasteiger charge is 2.23. The summed E-state index contributed by atoms with van der Waals surface area (Å²) in [6, 6.07) is -0.693. The minimum absolute atomic E-state index is 0.221. The highest BCUT2D eigenvalue weighted by atomic mass is 16.4. The quantitative estimate of drug-likeness (QED) is 0.201. The fourth-order valence-corrected chi connectivity index (χ4v) is 1.48. The van der Waals surface area contributed by atoms with Gasteiger partial charge in [0.15, 0.2) is 0 Å². The molecule has 0 amide bonds. The Bertz CT molecular complexity index is 470. The van der Waals surface area contributed by atoms with E-state index < -0.39 is 35.9 Å². The van der Waals surface area contributed by atoms with Crippen LogP contribution in [0.4, 0.5) is 0 Å². The lowest BCUT2D eigenvalue weighted by molar-refractivity contribution is -0.146. The molecule has 0 bridgehead atoms. The third-order valence-electron chi connectivity index (χ3n) is 2.58. The van der Waals surface area contributed by atoms with Gasteiger partial charge in [0, 0.05) is 0 Å². The minimum atomic E-state index is -1.06. The van der Waals surface area contributed by atoms with E-state index in [9.17, 15) is 24.0 Å². The van der Waals surface area contributed by atoms with E-state index in [1.807, 2.05) is 0 Å². The van der Waals surface area contributed by atoms with Crippen LogP contribution in [-0.2, 0) is 24.0 Å². The van der Waals surface area contributed by atoms with E-state index in [1.54, 1.807) is 13.8 Å². The van der Waals surface area contributed by atoms with E-state index in [0.717, 1.165) is 0 Å². The molecule has 1 atom stereocenters. The first kappa shape index (κ1) is 29.0. The van der Waals surface area contributed by atoms with Crippen molar-refractivity contribution in [2.24, 2.45) is 5.73 Å². The third-order valence-corrected chi connectivity index (χ3v) is 2.58. The molecule has 0 aromatic rings. The summed E-state index contributed by atoms with van der Waals surface area (Å²) in [5.41, 5.74) is 4.57. The molecule has 0 radical (unpaired) electrons. The molecular weight excluding hydrogens is 370 g/mol.